The lowest BCUT2D eigenvalue weighted by molar-refractivity contribution is -0.122. The molecule has 2 unspecified atom stereocenters. The quantitative estimate of drug-likeness (QED) is 0.749. The topological polar surface area (TPSA) is 49.3 Å². The molecular weight excluding hydrogens is 246 g/mol. The third kappa shape index (κ3) is 5.61. The van der Waals surface area contributed by atoms with Crippen molar-refractivity contribution in [2.45, 2.75) is 63.2 Å². The number of nitrogens with one attached hydrogen (secondary N) is 1. The van der Waals surface area contributed by atoms with Crippen molar-refractivity contribution in [2.75, 3.05) is 12.9 Å². The standard InChI is InChI=1S/C14H27NO2S/c1-11(13(10-16)18-2)15-14(17)9-8-12-6-4-3-5-7-12/h11-13,16H,3-10H2,1-2H3,(H,15,17). The van der Waals surface area contributed by atoms with Gasteiger partial charge in [-0.2, -0.15) is 11.8 Å². The molecule has 1 amide bonds. The van der Waals surface area contributed by atoms with E-state index in [-0.39, 0.29) is 23.8 Å². The van der Waals surface area contributed by atoms with Crippen molar-refractivity contribution in [3.05, 3.63) is 0 Å². The molecule has 106 valence electrons. The van der Waals surface area contributed by atoms with E-state index in [1.165, 1.54) is 32.1 Å². The monoisotopic (exact) mass is 273 g/mol. The first-order valence-corrected chi connectivity index (χ1v) is 8.39. The summed E-state index contributed by atoms with van der Waals surface area (Å²) in [6.45, 7) is 2.08. The van der Waals surface area contributed by atoms with Crippen molar-refractivity contribution in [3.63, 3.8) is 0 Å². The maximum absolute atomic E-state index is 11.8. The number of aliphatic hydroxyl groups is 1. The number of carbonyl (C=O) groups excluding carboxylic acids is 1. The Balaban J connectivity index is 2.19. The highest BCUT2D eigenvalue weighted by Gasteiger charge is 2.19. The molecule has 0 aliphatic heterocycles. The van der Waals surface area contributed by atoms with E-state index in [2.05, 4.69) is 5.32 Å². The fraction of sp³-hybridized carbons (Fsp3) is 0.929. The van der Waals surface area contributed by atoms with Gasteiger partial charge >= 0.3 is 0 Å². The summed E-state index contributed by atoms with van der Waals surface area (Å²) >= 11 is 1.60. The van der Waals surface area contributed by atoms with Gasteiger partial charge in [0.2, 0.25) is 5.91 Å². The lowest BCUT2D eigenvalue weighted by Crippen LogP contribution is -2.41. The first-order chi connectivity index (χ1) is 8.67. The maximum Gasteiger partial charge on any atom is 0.220 e. The minimum atomic E-state index is 0.0452. The van der Waals surface area contributed by atoms with Gasteiger partial charge in [0.05, 0.1) is 6.61 Å². The zero-order chi connectivity index (χ0) is 13.4. The Labute approximate surface area is 115 Å². The Morgan fingerprint density at radius 3 is 2.61 bits per heavy atom. The molecule has 2 N–H and O–H groups in total. The van der Waals surface area contributed by atoms with Crippen LogP contribution in [0.4, 0.5) is 0 Å². The second-order valence-corrected chi connectivity index (χ2v) is 6.43. The van der Waals surface area contributed by atoms with E-state index in [4.69, 9.17) is 0 Å². The van der Waals surface area contributed by atoms with Gasteiger partial charge in [-0.15, -0.1) is 0 Å². The molecule has 1 saturated carbocycles. The number of hydrogen-bond donors (Lipinski definition) is 2. The molecule has 18 heavy (non-hydrogen) atoms. The molecule has 0 aromatic carbocycles. The summed E-state index contributed by atoms with van der Waals surface area (Å²) in [5.41, 5.74) is 0. The van der Waals surface area contributed by atoms with Crippen LogP contribution in [0.1, 0.15) is 51.9 Å². The predicted molar refractivity (Wildman–Crippen MR) is 77.8 cm³/mol. The molecule has 4 heteroatoms. The van der Waals surface area contributed by atoms with Crippen LogP contribution in [0.5, 0.6) is 0 Å². The second kappa shape index (κ2) is 8.81. The molecule has 0 radical (unpaired) electrons. The van der Waals surface area contributed by atoms with Crippen molar-refractivity contribution in [2.24, 2.45) is 5.92 Å². The molecule has 0 aromatic heterocycles. The maximum atomic E-state index is 11.8. The first kappa shape index (κ1) is 15.8. The summed E-state index contributed by atoms with van der Waals surface area (Å²) < 4.78 is 0. The van der Waals surface area contributed by atoms with Gasteiger partial charge in [0.25, 0.3) is 0 Å². The van der Waals surface area contributed by atoms with Crippen LogP contribution in [0.25, 0.3) is 0 Å². The highest BCUT2D eigenvalue weighted by atomic mass is 32.2. The molecule has 0 bridgehead atoms. The van der Waals surface area contributed by atoms with Crippen molar-refractivity contribution in [3.8, 4) is 0 Å². The van der Waals surface area contributed by atoms with Gasteiger partial charge in [0.15, 0.2) is 0 Å². The van der Waals surface area contributed by atoms with Gasteiger partial charge in [-0.25, -0.2) is 0 Å². The summed E-state index contributed by atoms with van der Waals surface area (Å²) in [5.74, 6) is 0.898. The Bertz CT molecular complexity index is 238. The summed E-state index contributed by atoms with van der Waals surface area (Å²) in [6.07, 6.45) is 10.3. The van der Waals surface area contributed by atoms with Crippen molar-refractivity contribution in [1.82, 2.24) is 5.32 Å². The predicted octanol–water partition coefficient (Wildman–Crippen LogP) is 2.58. The normalized spacial score (nSPS) is 20.4. The Morgan fingerprint density at radius 2 is 2.06 bits per heavy atom. The molecule has 0 spiro atoms. The number of aliphatic hydroxyl groups excluding tert-OH is 1. The van der Waals surface area contributed by atoms with E-state index >= 15 is 0 Å². The lowest BCUT2D eigenvalue weighted by Gasteiger charge is -2.23. The van der Waals surface area contributed by atoms with Crippen LogP contribution < -0.4 is 5.32 Å². The van der Waals surface area contributed by atoms with Gasteiger partial charge < -0.3 is 10.4 Å². The molecule has 1 aliphatic carbocycles. The summed E-state index contributed by atoms with van der Waals surface area (Å²) in [7, 11) is 0. The van der Waals surface area contributed by atoms with Crippen molar-refractivity contribution >= 4 is 17.7 Å². The molecule has 1 rings (SSSR count). The molecule has 2 atom stereocenters. The molecule has 0 aromatic rings. The second-order valence-electron chi connectivity index (χ2n) is 5.36. The molecule has 3 nitrogen and oxygen atoms in total. The molecule has 0 saturated heterocycles. The lowest BCUT2D eigenvalue weighted by atomic mass is 9.86. The highest BCUT2D eigenvalue weighted by molar-refractivity contribution is 7.99. The zero-order valence-corrected chi connectivity index (χ0v) is 12.5. The number of hydrogen-bond acceptors (Lipinski definition) is 3. The number of rotatable bonds is 7. The van der Waals surface area contributed by atoms with Gasteiger partial charge in [-0.3, -0.25) is 4.79 Å². The third-order valence-corrected chi connectivity index (χ3v) is 5.10. The fourth-order valence-electron chi connectivity index (χ4n) is 2.67. The number of amides is 1. The zero-order valence-electron chi connectivity index (χ0n) is 11.7. The van der Waals surface area contributed by atoms with Crippen LogP contribution >= 0.6 is 11.8 Å². The molecular formula is C14H27NO2S. The smallest absolute Gasteiger partial charge is 0.220 e. The van der Waals surface area contributed by atoms with E-state index in [1.807, 2.05) is 13.2 Å². The van der Waals surface area contributed by atoms with Crippen LogP contribution in [0, 0.1) is 5.92 Å². The molecule has 0 heterocycles. The fourth-order valence-corrected chi connectivity index (χ4v) is 3.29. The molecule has 1 fully saturated rings. The van der Waals surface area contributed by atoms with Gasteiger partial charge in [-0.1, -0.05) is 32.1 Å². The highest BCUT2D eigenvalue weighted by Crippen LogP contribution is 2.27. The number of carbonyl (C=O) groups is 1. The minimum absolute atomic E-state index is 0.0452. The van der Waals surface area contributed by atoms with E-state index in [9.17, 15) is 9.90 Å². The summed E-state index contributed by atoms with van der Waals surface area (Å²) in [6, 6.07) is 0.0452. The summed E-state index contributed by atoms with van der Waals surface area (Å²) in [5, 5.41) is 12.3. The van der Waals surface area contributed by atoms with Crippen LogP contribution in [-0.4, -0.2) is 35.2 Å². The van der Waals surface area contributed by atoms with Crippen LogP contribution in [0.2, 0.25) is 0 Å². The Kier molecular flexibility index (Phi) is 7.75. The van der Waals surface area contributed by atoms with Crippen LogP contribution in [0.15, 0.2) is 0 Å². The van der Waals surface area contributed by atoms with E-state index in [0.717, 1.165) is 12.3 Å². The van der Waals surface area contributed by atoms with E-state index < -0.39 is 0 Å². The van der Waals surface area contributed by atoms with Gasteiger partial charge in [-0.05, 0) is 25.5 Å². The third-order valence-electron chi connectivity index (χ3n) is 3.93. The average molecular weight is 273 g/mol. The van der Waals surface area contributed by atoms with Gasteiger partial charge in [0, 0.05) is 17.7 Å². The average Bonchev–Trinajstić information content (AvgIpc) is 2.39. The minimum Gasteiger partial charge on any atom is -0.395 e. The van der Waals surface area contributed by atoms with Crippen molar-refractivity contribution in [1.29, 1.82) is 0 Å². The van der Waals surface area contributed by atoms with Crippen LogP contribution in [0.3, 0.4) is 0 Å². The summed E-state index contributed by atoms with van der Waals surface area (Å²) in [4.78, 5) is 11.8. The van der Waals surface area contributed by atoms with E-state index in [1.54, 1.807) is 11.8 Å². The Hall–Kier alpha value is -0.220. The molecule has 1 aliphatic rings. The van der Waals surface area contributed by atoms with Crippen molar-refractivity contribution < 1.29 is 9.90 Å². The Morgan fingerprint density at radius 1 is 1.39 bits per heavy atom. The van der Waals surface area contributed by atoms with Gasteiger partial charge in [0.1, 0.15) is 0 Å². The largest absolute Gasteiger partial charge is 0.395 e. The SMILES string of the molecule is CSC(CO)C(C)NC(=O)CCC1CCCCC1. The van der Waals surface area contributed by atoms with Crippen LogP contribution in [-0.2, 0) is 4.79 Å². The van der Waals surface area contributed by atoms with E-state index in [0.29, 0.717) is 6.42 Å². The number of thioether (sulfide) groups is 1. The first-order valence-electron chi connectivity index (χ1n) is 7.10.